The summed E-state index contributed by atoms with van der Waals surface area (Å²) in [6, 6.07) is 15.4. The lowest BCUT2D eigenvalue weighted by molar-refractivity contribution is -0.117. The number of amides is 1. The quantitative estimate of drug-likeness (QED) is 0.549. The van der Waals surface area contributed by atoms with E-state index in [9.17, 15) is 4.79 Å². The van der Waals surface area contributed by atoms with Crippen LogP contribution in [-0.2, 0) is 11.3 Å². The van der Waals surface area contributed by atoms with Crippen molar-refractivity contribution in [1.82, 2.24) is 15.1 Å². The lowest BCUT2D eigenvalue weighted by Gasteiger charge is -2.19. The normalized spacial score (nSPS) is 11.0. The fraction of sp³-hybridized carbons (Fsp3) is 0.286. The maximum atomic E-state index is 12.5. The van der Waals surface area contributed by atoms with E-state index in [0.29, 0.717) is 18.3 Å². The van der Waals surface area contributed by atoms with Crippen LogP contribution in [0.3, 0.4) is 0 Å². The number of hydrogen-bond acceptors (Lipinski definition) is 5. The molecule has 0 radical (unpaired) electrons. The molecule has 6 nitrogen and oxygen atoms in total. The molecule has 1 heterocycles. The first-order chi connectivity index (χ1) is 13.5. The molecule has 0 bridgehead atoms. The minimum atomic E-state index is -0.0598. The van der Waals surface area contributed by atoms with Crippen molar-refractivity contribution in [2.45, 2.75) is 26.8 Å². The lowest BCUT2D eigenvalue weighted by Crippen LogP contribution is -2.33. The Bertz CT molecular complexity index is 924. The molecule has 7 heteroatoms. The minimum Gasteiger partial charge on any atom is -0.419 e. The average Bonchev–Trinajstić information content (AvgIpc) is 3.13. The van der Waals surface area contributed by atoms with Crippen LogP contribution in [0.25, 0.3) is 11.5 Å². The zero-order valence-electron chi connectivity index (χ0n) is 16.0. The fourth-order valence-corrected chi connectivity index (χ4v) is 3.12. The Balaban J connectivity index is 1.63. The van der Waals surface area contributed by atoms with E-state index in [1.807, 2.05) is 60.4 Å². The Morgan fingerprint density at radius 2 is 1.89 bits per heavy atom. The average molecular weight is 443 g/mol. The van der Waals surface area contributed by atoms with Gasteiger partial charge in [0.2, 0.25) is 17.7 Å². The van der Waals surface area contributed by atoms with Gasteiger partial charge in [0.15, 0.2) is 0 Å². The van der Waals surface area contributed by atoms with E-state index in [0.717, 1.165) is 34.3 Å². The number of aromatic nitrogens is 2. The number of rotatable bonds is 8. The predicted molar refractivity (Wildman–Crippen MR) is 113 cm³/mol. The zero-order valence-corrected chi connectivity index (χ0v) is 17.6. The highest BCUT2D eigenvalue weighted by molar-refractivity contribution is 9.10. The lowest BCUT2D eigenvalue weighted by atomic mass is 10.2. The maximum Gasteiger partial charge on any atom is 0.247 e. The molecule has 0 saturated heterocycles. The Kier molecular flexibility index (Phi) is 6.95. The third-order valence-electron chi connectivity index (χ3n) is 4.24. The molecule has 0 fully saturated rings. The number of nitrogens with zero attached hydrogens (tertiary/aromatic N) is 3. The second-order valence-corrected chi connectivity index (χ2v) is 7.50. The van der Waals surface area contributed by atoms with Gasteiger partial charge < -0.3 is 9.73 Å². The summed E-state index contributed by atoms with van der Waals surface area (Å²) < 4.78 is 6.78. The maximum absolute atomic E-state index is 12.5. The van der Waals surface area contributed by atoms with Gasteiger partial charge in [0.25, 0.3) is 0 Å². The number of carbonyl (C=O) groups excluding carboxylic acids is 1. The van der Waals surface area contributed by atoms with E-state index in [-0.39, 0.29) is 12.5 Å². The van der Waals surface area contributed by atoms with Gasteiger partial charge in [-0.2, -0.15) is 0 Å². The number of nitrogens with one attached hydrogen (secondary N) is 1. The number of para-hydroxylation sites is 1. The molecule has 146 valence electrons. The first-order valence-corrected chi connectivity index (χ1v) is 10.0. The Morgan fingerprint density at radius 1 is 1.14 bits per heavy atom. The molecule has 0 atom stereocenters. The van der Waals surface area contributed by atoms with Crippen molar-refractivity contribution in [2.24, 2.45) is 0 Å². The smallest absolute Gasteiger partial charge is 0.247 e. The molecule has 0 saturated carbocycles. The van der Waals surface area contributed by atoms with Crippen LogP contribution in [0.1, 0.15) is 24.8 Å². The van der Waals surface area contributed by atoms with Crippen molar-refractivity contribution in [1.29, 1.82) is 0 Å². The van der Waals surface area contributed by atoms with Gasteiger partial charge in [-0.05, 0) is 55.8 Å². The van der Waals surface area contributed by atoms with Gasteiger partial charge in [0.1, 0.15) is 0 Å². The van der Waals surface area contributed by atoms with Crippen LogP contribution in [0.5, 0.6) is 0 Å². The van der Waals surface area contributed by atoms with Crippen LogP contribution in [0.15, 0.2) is 57.4 Å². The summed E-state index contributed by atoms with van der Waals surface area (Å²) in [5.41, 5.74) is 2.73. The second kappa shape index (κ2) is 9.61. The summed E-state index contributed by atoms with van der Waals surface area (Å²) in [5.74, 6) is 0.911. The van der Waals surface area contributed by atoms with Gasteiger partial charge in [-0.3, -0.25) is 9.69 Å². The molecule has 1 aromatic heterocycles. The van der Waals surface area contributed by atoms with Crippen molar-refractivity contribution in [3.8, 4) is 11.5 Å². The molecule has 3 aromatic rings. The number of halogens is 1. The highest BCUT2D eigenvalue weighted by atomic mass is 79.9. The highest BCUT2D eigenvalue weighted by Gasteiger charge is 2.16. The first kappa shape index (κ1) is 20.2. The SMILES string of the molecule is CCCN(CC(=O)Nc1ccccc1C)Cc1nnc(-c2ccc(Br)cc2)o1. The molecular formula is C21H23BrN4O2. The van der Waals surface area contributed by atoms with Crippen LogP contribution in [0.2, 0.25) is 0 Å². The predicted octanol–water partition coefficient (Wildman–Crippen LogP) is 4.66. The summed E-state index contributed by atoms with van der Waals surface area (Å²) in [7, 11) is 0. The largest absolute Gasteiger partial charge is 0.419 e. The summed E-state index contributed by atoms with van der Waals surface area (Å²) in [5, 5.41) is 11.2. The second-order valence-electron chi connectivity index (χ2n) is 6.58. The van der Waals surface area contributed by atoms with E-state index in [2.05, 4.69) is 38.4 Å². The number of benzene rings is 2. The van der Waals surface area contributed by atoms with Gasteiger partial charge in [-0.1, -0.05) is 41.1 Å². The number of carbonyl (C=O) groups is 1. The van der Waals surface area contributed by atoms with E-state index in [1.165, 1.54) is 0 Å². The van der Waals surface area contributed by atoms with Gasteiger partial charge in [0.05, 0.1) is 13.1 Å². The molecular weight excluding hydrogens is 420 g/mol. The highest BCUT2D eigenvalue weighted by Crippen LogP contribution is 2.21. The topological polar surface area (TPSA) is 71.3 Å². The first-order valence-electron chi connectivity index (χ1n) is 9.21. The van der Waals surface area contributed by atoms with Crippen molar-refractivity contribution in [3.05, 3.63) is 64.5 Å². The molecule has 0 aliphatic carbocycles. The van der Waals surface area contributed by atoms with E-state index < -0.39 is 0 Å². The van der Waals surface area contributed by atoms with Crippen LogP contribution in [0.4, 0.5) is 5.69 Å². The van der Waals surface area contributed by atoms with Gasteiger partial charge >= 0.3 is 0 Å². The number of hydrogen-bond donors (Lipinski definition) is 1. The third-order valence-corrected chi connectivity index (χ3v) is 4.77. The van der Waals surface area contributed by atoms with Crippen LogP contribution < -0.4 is 5.32 Å². The van der Waals surface area contributed by atoms with Gasteiger partial charge in [-0.15, -0.1) is 10.2 Å². The molecule has 3 rings (SSSR count). The van der Waals surface area contributed by atoms with Gasteiger partial charge in [0, 0.05) is 15.7 Å². The molecule has 2 aromatic carbocycles. The summed E-state index contributed by atoms with van der Waals surface area (Å²) in [6.07, 6.45) is 0.922. The Labute approximate surface area is 173 Å². The molecule has 1 N–H and O–H groups in total. The zero-order chi connectivity index (χ0) is 19.9. The molecule has 0 aliphatic heterocycles. The third kappa shape index (κ3) is 5.50. The summed E-state index contributed by atoms with van der Waals surface area (Å²) in [4.78, 5) is 14.5. The molecule has 0 unspecified atom stereocenters. The fourth-order valence-electron chi connectivity index (χ4n) is 2.85. The van der Waals surface area contributed by atoms with E-state index in [1.54, 1.807) is 0 Å². The van der Waals surface area contributed by atoms with E-state index >= 15 is 0 Å². The summed E-state index contributed by atoms with van der Waals surface area (Å²) >= 11 is 3.41. The standard InChI is InChI=1S/C21H23BrN4O2/c1-3-12-26(13-19(27)23-18-7-5-4-6-15(18)2)14-20-24-25-21(28-20)16-8-10-17(22)11-9-16/h4-11H,3,12-14H2,1-2H3,(H,23,27). The van der Waals surface area contributed by atoms with E-state index in [4.69, 9.17) is 4.42 Å². The molecule has 1 amide bonds. The van der Waals surface area contributed by atoms with Crippen LogP contribution >= 0.6 is 15.9 Å². The molecule has 0 aliphatic rings. The Morgan fingerprint density at radius 3 is 2.61 bits per heavy atom. The number of aryl methyl sites for hydroxylation is 1. The monoisotopic (exact) mass is 442 g/mol. The molecule has 28 heavy (non-hydrogen) atoms. The number of anilines is 1. The van der Waals surface area contributed by atoms with Crippen LogP contribution in [-0.4, -0.2) is 34.1 Å². The van der Waals surface area contributed by atoms with Crippen molar-refractivity contribution < 1.29 is 9.21 Å². The van der Waals surface area contributed by atoms with Crippen LogP contribution in [0, 0.1) is 6.92 Å². The Hall–Kier alpha value is -2.51. The van der Waals surface area contributed by atoms with Crippen molar-refractivity contribution >= 4 is 27.5 Å². The minimum absolute atomic E-state index is 0.0598. The van der Waals surface area contributed by atoms with Crippen molar-refractivity contribution in [3.63, 3.8) is 0 Å². The van der Waals surface area contributed by atoms with Crippen molar-refractivity contribution in [2.75, 3.05) is 18.4 Å². The summed E-state index contributed by atoms with van der Waals surface area (Å²) in [6.45, 7) is 5.50. The molecule has 0 spiro atoms. The van der Waals surface area contributed by atoms with Gasteiger partial charge in [-0.25, -0.2) is 0 Å².